The van der Waals surface area contributed by atoms with Crippen molar-refractivity contribution in [3.05, 3.63) is 59.4 Å². The third kappa shape index (κ3) is 2.82. The fourth-order valence-corrected chi connectivity index (χ4v) is 1.81. The van der Waals surface area contributed by atoms with Crippen LogP contribution < -0.4 is 16.8 Å². The number of carbonyl (C=O) groups is 1. The molecule has 1 amide bonds. The van der Waals surface area contributed by atoms with E-state index < -0.39 is 11.7 Å². The van der Waals surface area contributed by atoms with Crippen LogP contribution in [0.4, 0.5) is 15.8 Å². The maximum absolute atomic E-state index is 13.5. The van der Waals surface area contributed by atoms with E-state index in [0.29, 0.717) is 17.9 Å². The topological polar surface area (TPSA) is 81.1 Å². The number of hydrogen-bond acceptors (Lipinski definition) is 3. The van der Waals surface area contributed by atoms with Gasteiger partial charge in [0.2, 0.25) is 0 Å². The molecule has 0 heterocycles. The Hall–Kier alpha value is -2.56. The smallest absolute Gasteiger partial charge is 0.253 e. The lowest BCUT2D eigenvalue weighted by molar-refractivity contribution is 0.0997. The molecule has 5 N–H and O–H groups in total. The van der Waals surface area contributed by atoms with Crippen LogP contribution in [0.1, 0.15) is 15.9 Å². The normalized spacial score (nSPS) is 10.2. The second-order valence-electron chi connectivity index (χ2n) is 4.08. The molecule has 0 aliphatic rings. The molecular weight excluding hydrogens is 245 g/mol. The van der Waals surface area contributed by atoms with Gasteiger partial charge >= 0.3 is 0 Å². The van der Waals surface area contributed by atoms with Gasteiger partial charge in [-0.25, -0.2) is 4.39 Å². The number of para-hydroxylation sites is 1. The van der Waals surface area contributed by atoms with Gasteiger partial charge in [-0.15, -0.1) is 0 Å². The molecule has 2 rings (SSSR count). The summed E-state index contributed by atoms with van der Waals surface area (Å²) >= 11 is 0. The molecule has 4 nitrogen and oxygen atoms in total. The third-order valence-electron chi connectivity index (χ3n) is 2.78. The Morgan fingerprint density at radius 3 is 2.58 bits per heavy atom. The Balaban J connectivity index is 2.23. The highest BCUT2D eigenvalue weighted by Gasteiger charge is 2.13. The van der Waals surface area contributed by atoms with Crippen LogP contribution in [0, 0.1) is 5.82 Å². The Morgan fingerprint density at radius 2 is 1.89 bits per heavy atom. The lowest BCUT2D eigenvalue weighted by Crippen LogP contribution is -2.16. The van der Waals surface area contributed by atoms with Gasteiger partial charge in [-0.05, 0) is 23.8 Å². The van der Waals surface area contributed by atoms with Gasteiger partial charge in [0.1, 0.15) is 5.82 Å². The van der Waals surface area contributed by atoms with Crippen molar-refractivity contribution in [1.82, 2.24) is 0 Å². The number of nitrogens with one attached hydrogen (secondary N) is 1. The van der Waals surface area contributed by atoms with E-state index in [1.165, 1.54) is 12.1 Å². The number of primary amides is 1. The average Bonchev–Trinajstić information content (AvgIpc) is 2.37. The number of carbonyl (C=O) groups excluding carboxylic acids is 1. The minimum absolute atomic E-state index is 0.142. The number of anilines is 2. The van der Waals surface area contributed by atoms with Crippen molar-refractivity contribution in [3.63, 3.8) is 0 Å². The van der Waals surface area contributed by atoms with Gasteiger partial charge in [-0.2, -0.15) is 0 Å². The van der Waals surface area contributed by atoms with Crippen LogP contribution in [-0.4, -0.2) is 5.91 Å². The summed E-state index contributed by atoms with van der Waals surface area (Å²) in [5.41, 5.74) is 12.7. The first kappa shape index (κ1) is 12.9. The maximum Gasteiger partial charge on any atom is 0.253 e. The summed E-state index contributed by atoms with van der Waals surface area (Å²) in [7, 11) is 0. The number of nitrogens with two attached hydrogens (primary N) is 2. The van der Waals surface area contributed by atoms with Crippen molar-refractivity contribution < 1.29 is 9.18 Å². The zero-order valence-electron chi connectivity index (χ0n) is 10.2. The van der Waals surface area contributed by atoms with E-state index in [0.717, 1.165) is 5.56 Å². The van der Waals surface area contributed by atoms with Crippen molar-refractivity contribution in [1.29, 1.82) is 0 Å². The Labute approximate surface area is 110 Å². The molecule has 0 unspecified atom stereocenters. The molecule has 19 heavy (non-hydrogen) atoms. The molecule has 0 bridgehead atoms. The highest BCUT2D eigenvalue weighted by atomic mass is 19.1. The zero-order chi connectivity index (χ0) is 13.8. The van der Waals surface area contributed by atoms with Gasteiger partial charge in [0.15, 0.2) is 0 Å². The molecule has 0 radical (unpaired) electrons. The molecule has 0 atom stereocenters. The number of hydrogen-bond donors (Lipinski definition) is 3. The van der Waals surface area contributed by atoms with Crippen LogP contribution in [-0.2, 0) is 6.54 Å². The summed E-state index contributed by atoms with van der Waals surface area (Å²) in [6, 6.07) is 11.6. The van der Waals surface area contributed by atoms with Gasteiger partial charge in [0.25, 0.3) is 5.91 Å². The predicted octanol–water partition coefficient (Wildman–Crippen LogP) is 2.12. The van der Waals surface area contributed by atoms with E-state index in [1.807, 2.05) is 18.2 Å². The van der Waals surface area contributed by atoms with Crippen LogP contribution in [0.25, 0.3) is 0 Å². The molecule has 98 valence electrons. The Morgan fingerprint density at radius 1 is 1.16 bits per heavy atom. The van der Waals surface area contributed by atoms with Crippen LogP contribution in [0.15, 0.2) is 42.5 Å². The number of benzene rings is 2. The van der Waals surface area contributed by atoms with Gasteiger partial charge in [0, 0.05) is 12.2 Å². The van der Waals surface area contributed by atoms with Crippen molar-refractivity contribution >= 4 is 17.3 Å². The highest BCUT2D eigenvalue weighted by molar-refractivity contribution is 5.98. The number of nitrogen functional groups attached to an aromatic ring is 1. The van der Waals surface area contributed by atoms with Crippen LogP contribution in [0.3, 0.4) is 0 Å². The monoisotopic (exact) mass is 259 g/mol. The van der Waals surface area contributed by atoms with E-state index >= 15 is 0 Å². The summed E-state index contributed by atoms with van der Waals surface area (Å²) in [6.07, 6.45) is 0. The summed E-state index contributed by atoms with van der Waals surface area (Å²) in [6.45, 7) is 0.385. The second-order valence-corrected chi connectivity index (χ2v) is 4.08. The van der Waals surface area contributed by atoms with Crippen molar-refractivity contribution in [2.45, 2.75) is 6.54 Å². The summed E-state index contributed by atoms with van der Waals surface area (Å²) in [5, 5.41) is 2.97. The van der Waals surface area contributed by atoms with E-state index in [1.54, 1.807) is 12.1 Å². The SMILES string of the molecule is NC(=O)c1c(F)cccc1NCc1ccccc1N. The molecule has 2 aromatic carbocycles. The Bertz CT molecular complexity index is 613. The first-order valence-corrected chi connectivity index (χ1v) is 5.75. The molecule has 0 saturated carbocycles. The molecule has 5 heteroatoms. The predicted molar refractivity (Wildman–Crippen MR) is 73.1 cm³/mol. The summed E-state index contributed by atoms with van der Waals surface area (Å²) in [5.74, 6) is -1.44. The molecular formula is C14H14FN3O. The fraction of sp³-hybridized carbons (Fsp3) is 0.0714. The first-order chi connectivity index (χ1) is 9.09. The standard InChI is InChI=1S/C14H14FN3O/c15-10-5-3-7-12(13(10)14(17)19)18-8-9-4-1-2-6-11(9)16/h1-7,18H,8,16H2,(H2,17,19). The maximum atomic E-state index is 13.5. The van der Waals surface area contributed by atoms with Gasteiger partial charge < -0.3 is 16.8 Å². The van der Waals surface area contributed by atoms with Gasteiger partial charge in [-0.3, -0.25) is 4.79 Å². The molecule has 0 saturated heterocycles. The molecule has 0 spiro atoms. The first-order valence-electron chi connectivity index (χ1n) is 5.75. The lowest BCUT2D eigenvalue weighted by Gasteiger charge is -2.12. The molecule has 0 aromatic heterocycles. The van der Waals surface area contributed by atoms with Crippen LogP contribution in [0.5, 0.6) is 0 Å². The minimum atomic E-state index is -0.804. The van der Waals surface area contributed by atoms with Crippen molar-refractivity contribution in [3.8, 4) is 0 Å². The highest BCUT2D eigenvalue weighted by Crippen LogP contribution is 2.20. The second kappa shape index (κ2) is 5.39. The Kier molecular flexibility index (Phi) is 3.66. The molecule has 2 aromatic rings. The van der Waals surface area contributed by atoms with Crippen LogP contribution in [0.2, 0.25) is 0 Å². The summed E-state index contributed by atoms with van der Waals surface area (Å²) < 4.78 is 13.5. The van der Waals surface area contributed by atoms with Crippen molar-refractivity contribution in [2.75, 3.05) is 11.1 Å². The van der Waals surface area contributed by atoms with Crippen molar-refractivity contribution in [2.24, 2.45) is 5.73 Å². The van der Waals surface area contributed by atoms with E-state index in [9.17, 15) is 9.18 Å². The number of halogens is 1. The van der Waals surface area contributed by atoms with Gasteiger partial charge in [0.05, 0.1) is 11.3 Å². The summed E-state index contributed by atoms with van der Waals surface area (Å²) in [4.78, 5) is 11.2. The zero-order valence-corrected chi connectivity index (χ0v) is 10.2. The van der Waals surface area contributed by atoms with Crippen LogP contribution >= 0.6 is 0 Å². The largest absolute Gasteiger partial charge is 0.398 e. The number of amides is 1. The minimum Gasteiger partial charge on any atom is -0.398 e. The molecule has 0 aliphatic carbocycles. The quantitative estimate of drug-likeness (QED) is 0.736. The molecule has 0 fully saturated rings. The van der Waals surface area contributed by atoms with E-state index in [4.69, 9.17) is 11.5 Å². The van der Waals surface area contributed by atoms with E-state index in [-0.39, 0.29) is 5.56 Å². The van der Waals surface area contributed by atoms with Gasteiger partial charge in [-0.1, -0.05) is 24.3 Å². The van der Waals surface area contributed by atoms with E-state index in [2.05, 4.69) is 5.32 Å². The lowest BCUT2D eigenvalue weighted by atomic mass is 10.1. The fourth-order valence-electron chi connectivity index (χ4n) is 1.81. The molecule has 0 aliphatic heterocycles. The third-order valence-corrected chi connectivity index (χ3v) is 2.78. The average molecular weight is 259 g/mol. The number of rotatable bonds is 4.